The van der Waals surface area contributed by atoms with Crippen molar-refractivity contribution in [1.82, 2.24) is 20.6 Å². The molecule has 0 unspecified atom stereocenters. The second-order valence-electron chi connectivity index (χ2n) is 4.39. The average molecular weight is 230 g/mol. The van der Waals surface area contributed by atoms with E-state index >= 15 is 0 Å². The van der Waals surface area contributed by atoms with Gasteiger partial charge in [0.05, 0.1) is 0 Å². The molecule has 2 aromatic rings. The van der Waals surface area contributed by atoms with Crippen molar-refractivity contribution in [1.29, 1.82) is 0 Å². The third-order valence-corrected chi connectivity index (χ3v) is 3.01. The second kappa shape index (κ2) is 4.14. The molecule has 1 fully saturated rings. The maximum absolute atomic E-state index is 5.76. The number of aromatic amines is 1. The fraction of sp³-hybridized carbons (Fsp3) is 0.364. The van der Waals surface area contributed by atoms with Crippen molar-refractivity contribution in [3.05, 3.63) is 24.3 Å². The largest absolute Gasteiger partial charge is 0.382 e. The van der Waals surface area contributed by atoms with Crippen molar-refractivity contribution in [2.45, 2.75) is 24.9 Å². The monoisotopic (exact) mass is 230 g/mol. The molecule has 0 atom stereocenters. The Morgan fingerprint density at radius 3 is 2.94 bits per heavy atom. The highest BCUT2D eigenvalue weighted by Gasteiger charge is 2.25. The highest BCUT2D eigenvalue weighted by atomic mass is 15.5. The van der Waals surface area contributed by atoms with Gasteiger partial charge in [-0.05, 0) is 30.2 Å². The quantitative estimate of drug-likeness (QED) is 0.724. The Morgan fingerprint density at radius 2 is 2.24 bits per heavy atom. The van der Waals surface area contributed by atoms with Crippen LogP contribution in [0.15, 0.2) is 24.3 Å². The lowest BCUT2D eigenvalue weighted by Crippen LogP contribution is -2.44. The van der Waals surface area contributed by atoms with Gasteiger partial charge in [-0.25, -0.2) is 0 Å². The molecule has 0 aliphatic heterocycles. The molecule has 1 saturated carbocycles. The smallest absolute Gasteiger partial charge is 0.204 e. The predicted octanol–water partition coefficient (Wildman–Crippen LogP) is 0.768. The lowest BCUT2D eigenvalue weighted by Gasteiger charge is -2.33. The Balaban J connectivity index is 1.75. The topological polar surface area (TPSA) is 92.5 Å². The molecular formula is C11H14N6. The summed E-state index contributed by atoms with van der Waals surface area (Å²) in [5.41, 5.74) is 7.78. The maximum atomic E-state index is 5.76. The molecule has 1 aromatic heterocycles. The maximum Gasteiger partial charge on any atom is 0.204 e. The third kappa shape index (κ3) is 2.12. The summed E-state index contributed by atoms with van der Waals surface area (Å²) in [7, 11) is 0. The fourth-order valence-electron chi connectivity index (χ4n) is 2.05. The van der Waals surface area contributed by atoms with Crippen molar-refractivity contribution < 1.29 is 0 Å². The molecule has 4 N–H and O–H groups in total. The number of H-pyrrole nitrogens is 1. The van der Waals surface area contributed by atoms with Crippen LogP contribution in [0.1, 0.15) is 12.8 Å². The van der Waals surface area contributed by atoms with E-state index in [1.165, 1.54) is 0 Å². The number of benzene rings is 1. The van der Waals surface area contributed by atoms with Gasteiger partial charge in [0.1, 0.15) is 0 Å². The summed E-state index contributed by atoms with van der Waals surface area (Å²) in [5.74, 6) is 0.610. The van der Waals surface area contributed by atoms with Gasteiger partial charge < -0.3 is 11.1 Å². The molecule has 88 valence electrons. The molecule has 3 rings (SSSR count). The van der Waals surface area contributed by atoms with Crippen LogP contribution >= 0.6 is 0 Å². The third-order valence-electron chi connectivity index (χ3n) is 3.01. The van der Waals surface area contributed by atoms with E-state index in [1.54, 1.807) is 0 Å². The van der Waals surface area contributed by atoms with E-state index in [9.17, 15) is 0 Å². The highest BCUT2D eigenvalue weighted by Crippen LogP contribution is 2.24. The molecular weight excluding hydrogens is 216 g/mol. The minimum Gasteiger partial charge on any atom is -0.382 e. The van der Waals surface area contributed by atoms with Crippen molar-refractivity contribution in [3.8, 4) is 11.4 Å². The number of tetrazole rings is 1. The molecule has 0 saturated heterocycles. The Kier molecular flexibility index (Phi) is 2.49. The van der Waals surface area contributed by atoms with Crippen molar-refractivity contribution in [2.75, 3.05) is 5.32 Å². The Labute approximate surface area is 98.6 Å². The summed E-state index contributed by atoms with van der Waals surface area (Å²) < 4.78 is 0. The molecule has 6 heteroatoms. The molecule has 0 bridgehead atoms. The number of nitrogens with zero attached hydrogens (tertiary/aromatic N) is 3. The van der Waals surface area contributed by atoms with Crippen LogP contribution in [-0.2, 0) is 0 Å². The van der Waals surface area contributed by atoms with Crippen LogP contribution in [0.2, 0.25) is 0 Å². The molecule has 0 amide bonds. The highest BCUT2D eigenvalue weighted by molar-refractivity contribution is 5.62. The average Bonchev–Trinajstić information content (AvgIpc) is 2.81. The zero-order valence-electron chi connectivity index (χ0n) is 9.30. The molecule has 6 nitrogen and oxygen atoms in total. The molecule has 17 heavy (non-hydrogen) atoms. The van der Waals surface area contributed by atoms with E-state index in [-0.39, 0.29) is 0 Å². The summed E-state index contributed by atoms with van der Waals surface area (Å²) >= 11 is 0. The number of hydrogen-bond donors (Lipinski definition) is 3. The number of nitrogens with two attached hydrogens (primary N) is 1. The molecule has 1 aromatic carbocycles. The van der Waals surface area contributed by atoms with Gasteiger partial charge in [0.2, 0.25) is 5.82 Å². The fourth-order valence-corrected chi connectivity index (χ4v) is 2.05. The van der Waals surface area contributed by atoms with Crippen molar-refractivity contribution in [2.24, 2.45) is 5.73 Å². The van der Waals surface area contributed by atoms with Crippen LogP contribution in [-0.4, -0.2) is 32.7 Å². The summed E-state index contributed by atoms with van der Waals surface area (Å²) in [6.45, 7) is 0. The summed E-state index contributed by atoms with van der Waals surface area (Å²) in [5, 5.41) is 17.4. The first-order valence-corrected chi connectivity index (χ1v) is 5.67. The molecule has 0 spiro atoms. The van der Waals surface area contributed by atoms with Gasteiger partial charge in [-0.3, -0.25) is 0 Å². The van der Waals surface area contributed by atoms with Crippen molar-refractivity contribution in [3.63, 3.8) is 0 Å². The second-order valence-corrected chi connectivity index (χ2v) is 4.39. The zero-order valence-corrected chi connectivity index (χ0v) is 9.30. The van der Waals surface area contributed by atoms with Gasteiger partial charge in [0, 0.05) is 23.3 Å². The molecule has 0 radical (unpaired) electrons. The Morgan fingerprint density at radius 1 is 1.35 bits per heavy atom. The van der Waals surface area contributed by atoms with Gasteiger partial charge in [-0.15, -0.1) is 10.2 Å². The van der Waals surface area contributed by atoms with E-state index < -0.39 is 0 Å². The molecule has 1 heterocycles. The number of rotatable bonds is 3. The SMILES string of the molecule is NC1CC(Nc2cccc(-c3nn[nH]n3)c2)C1. The molecule has 1 aliphatic carbocycles. The van der Waals surface area contributed by atoms with Crippen LogP contribution in [0.5, 0.6) is 0 Å². The van der Waals surface area contributed by atoms with Gasteiger partial charge >= 0.3 is 0 Å². The lowest BCUT2D eigenvalue weighted by atomic mass is 9.87. The summed E-state index contributed by atoms with van der Waals surface area (Å²) in [6, 6.07) is 8.84. The van der Waals surface area contributed by atoms with Crippen LogP contribution in [0.4, 0.5) is 5.69 Å². The van der Waals surface area contributed by atoms with Gasteiger partial charge in [-0.2, -0.15) is 5.21 Å². The Hall–Kier alpha value is -1.95. The first-order chi connectivity index (χ1) is 8.31. The Bertz CT molecular complexity index is 488. The normalized spacial score (nSPS) is 23.1. The van der Waals surface area contributed by atoms with E-state index in [1.807, 2.05) is 24.3 Å². The zero-order chi connectivity index (χ0) is 11.7. The minimum atomic E-state index is 0.355. The van der Waals surface area contributed by atoms with Gasteiger partial charge in [0.15, 0.2) is 0 Å². The first-order valence-electron chi connectivity index (χ1n) is 5.67. The van der Waals surface area contributed by atoms with E-state index in [2.05, 4.69) is 25.9 Å². The first kappa shape index (κ1) is 10.2. The number of nitrogens with one attached hydrogen (secondary N) is 2. The minimum absolute atomic E-state index is 0.355. The summed E-state index contributed by atoms with van der Waals surface area (Å²) in [4.78, 5) is 0. The predicted molar refractivity (Wildman–Crippen MR) is 64.2 cm³/mol. The van der Waals surface area contributed by atoms with Gasteiger partial charge in [0.25, 0.3) is 0 Å². The number of hydrogen-bond acceptors (Lipinski definition) is 5. The van der Waals surface area contributed by atoms with Crippen molar-refractivity contribution >= 4 is 5.69 Å². The van der Waals surface area contributed by atoms with Crippen LogP contribution in [0.25, 0.3) is 11.4 Å². The van der Waals surface area contributed by atoms with E-state index in [0.717, 1.165) is 24.1 Å². The number of anilines is 1. The van der Waals surface area contributed by atoms with Gasteiger partial charge in [-0.1, -0.05) is 12.1 Å². The van der Waals surface area contributed by atoms with E-state index in [4.69, 9.17) is 5.73 Å². The van der Waals surface area contributed by atoms with Crippen LogP contribution in [0.3, 0.4) is 0 Å². The summed E-state index contributed by atoms with van der Waals surface area (Å²) in [6.07, 6.45) is 2.07. The van der Waals surface area contributed by atoms with Crippen LogP contribution in [0, 0.1) is 0 Å². The number of aromatic nitrogens is 4. The van der Waals surface area contributed by atoms with E-state index in [0.29, 0.717) is 17.9 Å². The van der Waals surface area contributed by atoms with Crippen LogP contribution < -0.4 is 11.1 Å². The lowest BCUT2D eigenvalue weighted by molar-refractivity contribution is 0.374. The standard InChI is InChI=1S/C11H14N6/c12-8-5-10(6-8)13-9-3-1-2-7(4-9)11-14-16-17-15-11/h1-4,8,10,13H,5-6,12H2,(H,14,15,16,17). The molecule has 1 aliphatic rings.